The van der Waals surface area contributed by atoms with Crippen molar-refractivity contribution in [2.24, 2.45) is 0 Å². The molecule has 60 heavy (non-hydrogen) atoms. The summed E-state index contributed by atoms with van der Waals surface area (Å²) >= 11 is 1.86. The van der Waals surface area contributed by atoms with Crippen molar-refractivity contribution in [2.45, 2.75) is 0 Å². The summed E-state index contributed by atoms with van der Waals surface area (Å²) in [7, 11) is 0. The van der Waals surface area contributed by atoms with Crippen molar-refractivity contribution in [1.29, 1.82) is 0 Å². The van der Waals surface area contributed by atoms with Gasteiger partial charge in [0.25, 0.3) is 0 Å². The molecular formula is C58H37NS. The molecule has 0 unspecified atom stereocenters. The second-order valence-corrected chi connectivity index (χ2v) is 16.8. The lowest BCUT2D eigenvalue weighted by molar-refractivity contribution is 1.29. The SMILES string of the molecule is c1cc(-c2ccc(N(c3ccc(-c4ccc5sc6ccccc6c5c4)cc3)c3ccc4c5ccccc5c5ccccc5c4c3)cc2)cc(-c2cccc3ccccc23)c1. The monoisotopic (exact) mass is 779 g/mol. The third kappa shape index (κ3) is 5.76. The Kier molecular flexibility index (Phi) is 8.11. The van der Waals surface area contributed by atoms with Crippen LogP contribution in [0.1, 0.15) is 0 Å². The highest BCUT2D eigenvalue weighted by Crippen LogP contribution is 2.43. The van der Waals surface area contributed by atoms with Gasteiger partial charge in [0.15, 0.2) is 0 Å². The molecule has 280 valence electrons. The van der Waals surface area contributed by atoms with Gasteiger partial charge >= 0.3 is 0 Å². The number of thiophene rings is 1. The Morgan fingerprint density at radius 1 is 0.250 bits per heavy atom. The van der Waals surface area contributed by atoms with E-state index in [2.05, 4.69) is 229 Å². The van der Waals surface area contributed by atoms with E-state index >= 15 is 0 Å². The van der Waals surface area contributed by atoms with Crippen LogP contribution in [0.4, 0.5) is 17.1 Å². The molecule has 0 amide bonds. The van der Waals surface area contributed by atoms with Crippen LogP contribution in [0.5, 0.6) is 0 Å². The summed E-state index contributed by atoms with van der Waals surface area (Å²) in [6, 6.07) is 82.5. The smallest absolute Gasteiger partial charge is 0.0468 e. The summed E-state index contributed by atoms with van der Waals surface area (Å²) in [4.78, 5) is 2.40. The van der Waals surface area contributed by atoms with Gasteiger partial charge in [-0.25, -0.2) is 0 Å². The van der Waals surface area contributed by atoms with Crippen LogP contribution in [-0.4, -0.2) is 0 Å². The molecular weight excluding hydrogens is 743 g/mol. The van der Waals surface area contributed by atoms with Crippen molar-refractivity contribution in [3.05, 3.63) is 224 Å². The molecule has 0 aliphatic carbocycles. The molecule has 1 aromatic heterocycles. The van der Waals surface area contributed by atoms with Gasteiger partial charge in [-0.15, -0.1) is 11.3 Å². The van der Waals surface area contributed by atoms with Gasteiger partial charge in [-0.1, -0.05) is 164 Å². The van der Waals surface area contributed by atoms with Crippen LogP contribution < -0.4 is 4.90 Å². The largest absolute Gasteiger partial charge is 0.310 e. The minimum absolute atomic E-state index is 1.10. The van der Waals surface area contributed by atoms with Crippen molar-refractivity contribution in [1.82, 2.24) is 0 Å². The van der Waals surface area contributed by atoms with Gasteiger partial charge in [0.2, 0.25) is 0 Å². The van der Waals surface area contributed by atoms with Crippen molar-refractivity contribution >= 4 is 91.7 Å². The number of anilines is 3. The normalized spacial score (nSPS) is 11.7. The first-order valence-corrected chi connectivity index (χ1v) is 21.4. The molecule has 11 aromatic carbocycles. The van der Waals surface area contributed by atoms with Crippen molar-refractivity contribution in [2.75, 3.05) is 4.90 Å². The predicted octanol–water partition coefficient (Wildman–Crippen LogP) is 17.1. The fourth-order valence-electron chi connectivity index (χ4n) is 9.34. The molecule has 0 aliphatic heterocycles. The van der Waals surface area contributed by atoms with Gasteiger partial charge in [0, 0.05) is 37.2 Å². The van der Waals surface area contributed by atoms with E-state index in [0.29, 0.717) is 0 Å². The standard InChI is InChI=1S/C58H37NS/c1-2-15-47-40(11-1)12-10-21-48(47)43-14-9-13-41(35-43)38-23-28-44(29-24-38)59(46-32-33-53-51-18-4-3-16-49(51)50-17-5-6-19-52(50)55(53)37-46)45-30-25-39(26-31-45)42-27-34-58-56(36-42)54-20-7-8-22-57(54)60-58/h1-37H. The maximum absolute atomic E-state index is 2.40. The summed E-state index contributed by atoms with van der Waals surface area (Å²) in [5.74, 6) is 0. The zero-order valence-corrected chi connectivity index (χ0v) is 33.5. The molecule has 1 heterocycles. The van der Waals surface area contributed by atoms with Gasteiger partial charge in [0.1, 0.15) is 0 Å². The molecule has 0 saturated carbocycles. The van der Waals surface area contributed by atoms with Gasteiger partial charge in [-0.2, -0.15) is 0 Å². The van der Waals surface area contributed by atoms with E-state index in [0.717, 1.165) is 17.1 Å². The lowest BCUT2D eigenvalue weighted by Crippen LogP contribution is -2.10. The topological polar surface area (TPSA) is 3.24 Å². The Morgan fingerprint density at radius 2 is 0.733 bits per heavy atom. The van der Waals surface area contributed by atoms with Crippen LogP contribution in [0, 0.1) is 0 Å². The van der Waals surface area contributed by atoms with Gasteiger partial charge in [-0.3, -0.25) is 0 Å². The number of hydrogen-bond donors (Lipinski definition) is 0. The van der Waals surface area contributed by atoms with Crippen molar-refractivity contribution in [3.63, 3.8) is 0 Å². The highest BCUT2D eigenvalue weighted by Gasteiger charge is 2.17. The molecule has 0 spiro atoms. The van der Waals surface area contributed by atoms with E-state index in [9.17, 15) is 0 Å². The second-order valence-electron chi connectivity index (χ2n) is 15.7. The molecule has 0 saturated heterocycles. The molecule has 0 aliphatic rings. The molecule has 2 heteroatoms. The number of rotatable bonds is 6. The van der Waals surface area contributed by atoms with Crippen LogP contribution in [-0.2, 0) is 0 Å². The molecule has 0 radical (unpaired) electrons. The van der Waals surface area contributed by atoms with Crippen LogP contribution in [0.3, 0.4) is 0 Å². The third-order valence-corrected chi connectivity index (χ3v) is 13.4. The van der Waals surface area contributed by atoms with E-state index in [1.807, 2.05) is 11.3 Å². The molecule has 12 rings (SSSR count). The lowest BCUT2D eigenvalue weighted by Gasteiger charge is -2.27. The average molecular weight is 780 g/mol. The van der Waals surface area contributed by atoms with Crippen LogP contribution in [0.15, 0.2) is 224 Å². The van der Waals surface area contributed by atoms with Crippen molar-refractivity contribution in [3.8, 4) is 33.4 Å². The zero-order valence-electron chi connectivity index (χ0n) is 32.7. The summed E-state index contributed by atoms with van der Waals surface area (Å²) in [6.45, 7) is 0. The predicted molar refractivity (Wildman–Crippen MR) is 260 cm³/mol. The third-order valence-electron chi connectivity index (χ3n) is 12.2. The number of hydrogen-bond acceptors (Lipinski definition) is 2. The molecule has 0 atom stereocenters. The first-order chi connectivity index (χ1) is 29.7. The highest BCUT2D eigenvalue weighted by molar-refractivity contribution is 7.25. The van der Waals surface area contributed by atoms with E-state index in [-0.39, 0.29) is 0 Å². The van der Waals surface area contributed by atoms with Crippen LogP contribution in [0.2, 0.25) is 0 Å². The van der Waals surface area contributed by atoms with E-state index in [1.54, 1.807) is 0 Å². The Balaban J connectivity index is 0.976. The van der Waals surface area contributed by atoms with Crippen LogP contribution >= 0.6 is 11.3 Å². The fraction of sp³-hybridized carbons (Fsp3) is 0. The Morgan fingerprint density at radius 3 is 1.43 bits per heavy atom. The zero-order chi connectivity index (χ0) is 39.6. The van der Waals surface area contributed by atoms with E-state index in [4.69, 9.17) is 0 Å². The Labute approximate surface area is 352 Å². The molecule has 1 nitrogen and oxygen atoms in total. The summed E-state index contributed by atoms with van der Waals surface area (Å²) < 4.78 is 2.65. The minimum atomic E-state index is 1.10. The minimum Gasteiger partial charge on any atom is -0.310 e. The maximum atomic E-state index is 2.40. The van der Waals surface area contributed by atoms with Crippen LogP contribution in [0.25, 0.3) is 96.6 Å². The Hall–Kier alpha value is -7.52. The highest BCUT2D eigenvalue weighted by atomic mass is 32.1. The molecule has 0 bridgehead atoms. The Bertz CT molecular complexity index is 3560. The maximum Gasteiger partial charge on any atom is 0.0468 e. The number of benzene rings is 11. The first-order valence-electron chi connectivity index (χ1n) is 20.6. The molecule has 0 fully saturated rings. The van der Waals surface area contributed by atoms with Crippen molar-refractivity contribution < 1.29 is 0 Å². The summed E-state index contributed by atoms with van der Waals surface area (Å²) in [5, 5.41) is 12.8. The van der Waals surface area contributed by atoms with E-state index in [1.165, 1.54) is 96.6 Å². The van der Waals surface area contributed by atoms with Gasteiger partial charge < -0.3 is 4.90 Å². The summed E-state index contributed by atoms with van der Waals surface area (Å²) in [5.41, 5.74) is 10.6. The summed E-state index contributed by atoms with van der Waals surface area (Å²) in [6.07, 6.45) is 0. The average Bonchev–Trinajstić information content (AvgIpc) is 3.70. The molecule has 0 N–H and O–H groups in total. The first kappa shape index (κ1) is 34.5. The molecule has 12 aromatic rings. The number of nitrogens with zero attached hydrogens (tertiary/aromatic N) is 1. The lowest BCUT2D eigenvalue weighted by atomic mass is 9.94. The van der Waals surface area contributed by atoms with Gasteiger partial charge in [0.05, 0.1) is 0 Å². The van der Waals surface area contributed by atoms with E-state index < -0.39 is 0 Å². The van der Waals surface area contributed by atoms with Gasteiger partial charge in [-0.05, 0) is 137 Å². The fourth-order valence-corrected chi connectivity index (χ4v) is 10.4. The second kappa shape index (κ2) is 14.1. The number of fused-ring (bicyclic) bond motifs is 10. The quantitative estimate of drug-likeness (QED) is 0.152.